The zero-order valence-electron chi connectivity index (χ0n) is 16.9. The quantitative estimate of drug-likeness (QED) is 0.650. The van der Waals surface area contributed by atoms with Crippen molar-refractivity contribution in [3.05, 3.63) is 48.5 Å². The minimum absolute atomic E-state index is 0.0493. The summed E-state index contributed by atoms with van der Waals surface area (Å²) in [6.07, 6.45) is 3.70. The SMILES string of the molecule is CN(C)[C@H]1CC[C@H](Nc2ncnc3ccc(-c4cnccc4C(F)(F)F)cc23)CC1. The van der Waals surface area contributed by atoms with Crippen LogP contribution in [0.1, 0.15) is 31.2 Å². The molecule has 30 heavy (non-hydrogen) atoms. The Bertz CT molecular complexity index is 1030. The summed E-state index contributed by atoms with van der Waals surface area (Å²) in [7, 11) is 4.21. The molecule has 2 heterocycles. The molecule has 8 heteroatoms. The maximum atomic E-state index is 13.5. The number of halogens is 3. The fraction of sp³-hybridized carbons (Fsp3) is 0.409. The molecule has 5 nitrogen and oxygen atoms in total. The van der Waals surface area contributed by atoms with Crippen LogP contribution in [0.25, 0.3) is 22.0 Å². The van der Waals surface area contributed by atoms with Gasteiger partial charge in [-0.05, 0) is 63.5 Å². The van der Waals surface area contributed by atoms with Gasteiger partial charge >= 0.3 is 6.18 Å². The van der Waals surface area contributed by atoms with Crippen LogP contribution >= 0.6 is 0 Å². The third kappa shape index (κ3) is 4.23. The predicted molar refractivity (Wildman–Crippen MR) is 111 cm³/mol. The Morgan fingerprint density at radius 1 is 1.03 bits per heavy atom. The molecule has 0 atom stereocenters. The molecular weight excluding hydrogens is 391 g/mol. The molecule has 0 unspecified atom stereocenters. The Balaban J connectivity index is 1.66. The summed E-state index contributed by atoms with van der Waals surface area (Å²) in [5, 5.41) is 4.21. The highest BCUT2D eigenvalue weighted by Crippen LogP contribution is 2.37. The van der Waals surface area contributed by atoms with Crippen molar-refractivity contribution in [2.45, 2.75) is 43.9 Å². The molecule has 1 fully saturated rings. The number of hydrogen-bond acceptors (Lipinski definition) is 5. The van der Waals surface area contributed by atoms with Crippen LogP contribution in [0.15, 0.2) is 43.0 Å². The molecule has 158 valence electrons. The highest BCUT2D eigenvalue weighted by atomic mass is 19.4. The first-order valence-corrected chi connectivity index (χ1v) is 10.0. The van der Waals surface area contributed by atoms with Crippen molar-refractivity contribution in [2.75, 3.05) is 19.4 Å². The van der Waals surface area contributed by atoms with Crippen molar-refractivity contribution in [3.63, 3.8) is 0 Å². The monoisotopic (exact) mass is 415 g/mol. The normalized spacial score (nSPS) is 19.9. The van der Waals surface area contributed by atoms with Gasteiger partial charge in [0.2, 0.25) is 0 Å². The van der Waals surface area contributed by atoms with Gasteiger partial charge in [0.25, 0.3) is 0 Å². The number of alkyl halides is 3. The van der Waals surface area contributed by atoms with E-state index in [1.165, 1.54) is 12.5 Å². The number of rotatable bonds is 4. The second-order valence-electron chi connectivity index (χ2n) is 7.99. The zero-order valence-corrected chi connectivity index (χ0v) is 16.9. The lowest BCUT2D eigenvalue weighted by atomic mass is 9.90. The van der Waals surface area contributed by atoms with Crippen LogP contribution in [0, 0.1) is 0 Å². The molecule has 1 N–H and O–H groups in total. The molecule has 0 bridgehead atoms. The lowest BCUT2D eigenvalue weighted by Crippen LogP contribution is -2.36. The first-order chi connectivity index (χ1) is 14.3. The molecule has 0 aliphatic heterocycles. The Hall–Kier alpha value is -2.74. The van der Waals surface area contributed by atoms with Gasteiger partial charge in [-0.2, -0.15) is 13.2 Å². The fourth-order valence-electron chi connectivity index (χ4n) is 4.14. The van der Waals surface area contributed by atoms with Gasteiger partial charge < -0.3 is 10.2 Å². The summed E-state index contributed by atoms with van der Waals surface area (Å²) >= 11 is 0. The van der Waals surface area contributed by atoms with E-state index in [-0.39, 0.29) is 11.6 Å². The Labute approximate surface area is 173 Å². The second kappa shape index (κ2) is 8.18. The molecule has 1 aliphatic carbocycles. The van der Waals surface area contributed by atoms with Gasteiger partial charge in [0.1, 0.15) is 12.1 Å². The number of aromatic nitrogens is 3. The minimum atomic E-state index is -4.45. The van der Waals surface area contributed by atoms with E-state index in [9.17, 15) is 13.2 Å². The fourth-order valence-corrected chi connectivity index (χ4v) is 4.14. The molecule has 2 aromatic heterocycles. The van der Waals surface area contributed by atoms with E-state index < -0.39 is 11.7 Å². The summed E-state index contributed by atoms with van der Waals surface area (Å²) in [6.45, 7) is 0. The number of pyridine rings is 1. The number of hydrogen-bond donors (Lipinski definition) is 1. The second-order valence-corrected chi connectivity index (χ2v) is 7.99. The molecule has 0 radical (unpaired) electrons. The number of anilines is 1. The number of nitrogens with one attached hydrogen (secondary N) is 1. The Morgan fingerprint density at radius 2 is 1.80 bits per heavy atom. The van der Waals surface area contributed by atoms with Gasteiger partial charge in [-0.25, -0.2) is 9.97 Å². The van der Waals surface area contributed by atoms with E-state index in [1.807, 2.05) is 0 Å². The van der Waals surface area contributed by atoms with Gasteiger partial charge in [-0.1, -0.05) is 6.07 Å². The van der Waals surface area contributed by atoms with E-state index in [1.54, 1.807) is 18.2 Å². The van der Waals surface area contributed by atoms with Crippen LogP contribution in [-0.2, 0) is 6.18 Å². The average molecular weight is 415 g/mol. The molecular formula is C22H24F3N5. The highest BCUT2D eigenvalue weighted by Gasteiger charge is 2.33. The smallest absolute Gasteiger partial charge is 0.367 e. The van der Waals surface area contributed by atoms with E-state index >= 15 is 0 Å². The van der Waals surface area contributed by atoms with Crippen LogP contribution in [0.5, 0.6) is 0 Å². The highest BCUT2D eigenvalue weighted by molar-refractivity contribution is 5.92. The summed E-state index contributed by atoms with van der Waals surface area (Å²) in [5.41, 5.74) is 0.478. The number of nitrogens with zero attached hydrogens (tertiary/aromatic N) is 4. The molecule has 0 spiro atoms. The first kappa shape index (κ1) is 20.5. The van der Waals surface area contributed by atoms with Gasteiger partial charge in [0.05, 0.1) is 11.1 Å². The summed E-state index contributed by atoms with van der Waals surface area (Å²) in [4.78, 5) is 14.8. The molecule has 1 aromatic carbocycles. The van der Waals surface area contributed by atoms with Gasteiger partial charge in [-0.15, -0.1) is 0 Å². The minimum Gasteiger partial charge on any atom is -0.367 e. The molecule has 4 rings (SSSR count). The molecule has 1 aliphatic rings. The summed E-state index contributed by atoms with van der Waals surface area (Å²) in [5.74, 6) is 0.660. The molecule has 3 aromatic rings. The van der Waals surface area contributed by atoms with Crippen LogP contribution < -0.4 is 5.32 Å². The molecule has 0 amide bonds. The van der Waals surface area contributed by atoms with Crippen molar-refractivity contribution >= 4 is 16.7 Å². The number of fused-ring (bicyclic) bond motifs is 1. The van der Waals surface area contributed by atoms with Crippen molar-refractivity contribution in [1.82, 2.24) is 19.9 Å². The lowest BCUT2D eigenvalue weighted by Gasteiger charge is -2.33. The van der Waals surface area contributed by atoms with Crippen molar-refractivity contribution < 1.29 is 13.2 Å². The predicted octanol–water partition coefficient (Wildman–Crippen LogP) is 5.00. The average Bonchev–Trinajstić information content (AvgIpc) is 2.73. The Kier molecular flexibility index (Phi) is 5.60. The van der Waals surface area contributed by atoms with Gasteiger partial charge in [0, 0.05) is 35.4 Å². The Morgan fingerprint density at radius 3 is 2.50 bits per heavy atom. The molecule has 1 saturated carbocycles. The third-order valence-electron chi connectivity index (χ3n) is 5.84. The van der Waals surface area contributed by atoms with Crippen LogP contribution in [0.4, 0.5) is 19.0 Å². The van der Waals surface area contributed by atoms with E-state index in [2.05, 4.69) is 39.3 Å². The van der Waals surface area contributed by atoms with E-state index in [4.69, 9.17) is 0 Å². The topological polar surface area (TPSA) is 53.9 Å². The van der Waals surface area contributed by atoms with E-state index in [0.29, 0.717) is 28.3 Å². The maximum Gasteiger partial charge on any atom is 0.417 e. The summed E-state index contributed by atoms with van der Waals surface area (Å²) in [6, 6.07) is 6.97. The number of benzene rings is 1. The van der Waals surface area contributed by atoms with E-state index in [0.717, 1.165) is 37.9 Å². The van der Waals surface area contributed by atoms with Crippen LogP contribution in [0.3, 0.4) is 0 Å². The van der Waals surface area contributed by atoms with Crippen molar-refractivity contribution in [3.8, 4) is 11.1 Å². The van der Waals surface area contributed by atoms with Crippen molar-refractivity contribution in [1.29, 1.82) is 0 Å². The largest absolute Gasteiger partial charge is 0.417 e. The lowest BCUT2D eigenvalue weighted by molar-refractivity contribution is -0.137. The zero-order chi connectivity index (χ0) is 21.3. The standard InChI is InChI=1S/C22H24F3N5/c1-30(2)16-6-4-15(5-7-16)29-21-17-11-14(3-8-20(17)27-13-28-21)18-12-26-10-9-19(18)22(23,24)25/h3,8-13,15-16H,4-7H2,1-2H3,(H,27,28,29)/t15-,16-. The van der Waals surface area contributed by atoms with Gasteiger partial charge in [-0.3, -0.25) is 4.98 Å². The first-order valence-electron chi connectivity index (χ1n) is 10.0. The third-order valence-corrected chi connectivity index (χ3v) is 5.84. The maximum absolute atomic E-state index is 13.5. The van der Waals surface area contributed by atoms with Gasteiger partial charge in [0.15, 0.2) is 0 Å². The van der Waals surface area contributed by atoms with Crippen LogP contribution in [-0.4, -0.2) is 46.0 Å². The summed E-state index contributed by atoms with van der Waals surface area (Å²) < 4.78 is 40.4. The van der Waals surface area contributed by atoms with Crippen LogP contribution in [0.2, 0.25) is 0 Å². The molecule has 0 saturated heterocycles. The van der Waals surface area contributed by atoms with Crippen molar-refractivity contribution in [2.24, 2.45) is 0 Å².